The number of nitrogens with zero attached hydrogens (tertiary/aromatic N) is 5. The van der Waals surface area contributed by atoms with Crippen LogP contribution in [0.15, 0.2) is 12.3 Å². The zero-order chi connectivity index (χ0) is 24.6. The van der Waals surface area contributed by atoms with Crippen LogP contribution in [0.3, 0.4) is 0 Å². The molecule has 3 aromatic rings. The number of fused-ring (bicyclic) bond motifs is 1. The molecule has 34 heavy (non-hydrogen) atoms. The molecule has 0 radical (unpaired) electrons. The van der Waals surface area contributed by atoms with Gasteiger partial charge in [0.2, 0.25) is 5.95 Å². The lowest BCUT2D eigenvalue weighted by atomic mass is 9.89. The Hall–Kier alpha value is -2.36. The molecule has 1 aliphatic rings. The Morgan fingerprint density at radius 1 is 1.24 bits per heavy atom. The molecule has 4 rings (SSSR count). The number of hydrogen-bond acceptors (Lipinski definition) is 9. The first-order chi connectivity index (χ1) is 16.1. The van der Waals surface area contributed by atoms with Crippen LogP contribution in [0.5, 0.6) is 0 Å². The fraction of sp³-hybridized carbons (Fsp3) is 0.600. The molecular weight excluding hydrogens is 448 g/mol. The third-order valence-corrected chi connectivity index (χ3v) is 7.87. The second kappa shape index (κ2) is 9.71. The van der Waals surface area contributed by atoms with Gasteiger partial charge in [-0.2, -0.15) is 4.98 Å². The SMILES string of the molecule is COC(C)CN(C)c1nc(C)c(-c2nc3c(C)nccc3s2)c(NC2CCC(C(C)(C)O)C2)n1. The van der Waals surface area contributed by atoms with Gasteiger partial charge < -0.3 is 20.1 Å². The van der Waals surface area contributed by atoms with E-state index in [2.05, 4.69) is 10.3 Å². The summed E-state index contributed by atoms with van der Waals surface area (Å²) < 4.78 is 6.54. The number of aliphatic hydroxyl groups is 1. The van der Waals surface area contributed by atoms with E-state index in [0.29, 0.717) is 12.5 Å². The number of aromatic nitrogens is 4. The number of nitrogens with one attached hydrogen (secondary N) is 1. The monoisotopic (exact) mass is 484 g/mol. The smallest absolute Gasteiger partial charge is 0.227 e. The molecule has 0 aliphatic heterocycles. The minimum absolute atomic E-state index is 0.0621. The number of anilines is 2. The summed E-state index contributed by atoms with van der Waals surface area (Å²) in [6.45, 7) is 10.5. The molecule has 1 saturated carbocycles. The van der Waals surface area contributed by atoms with Crippen molar-refractivity contribution >= 4 is 33.3 Å². The van der Waals surface area contributed by atoms with Gasteiger partial charge in [0.25, 0.3) is 0 Å². The van der Waals surface area contributed by atoms with Crippen molar-refractivity contribution in [2.45, 2.75) is 71.6 Å². The highest BCUT2D eigenvalue weighted by Gasteiger charge is 2.35. The van der Waals surface area contributed by atoms with Crippen molar-refractivity contribution in [1.82, 2.24) is 19.9 Å². The molecule has 3 heterocycles. The van der Waals surface area contributed by atoms with Gasteiger partial charge in [-0.15, -0.1) is 11.3 Å². The summed E-state index contributed by atoms with van der Waals surface area (Å²) in [5, 5.41) is 15.1. The van der Waals surface area contributed by atoms with Crippen LogP contribution < -0.4 is 10.2 Å². The predicted octanol–water partition coefficient (Wildman–Crippen LogP) is 4.59. The normalized spacial score (nSPS) is 19.5. The van der Waals surface area contributed by atoms with Crippen LogP contribution in [0, 0.1) is 19.8 Å². The van der Waals surface area contributed by atoms with Crippen molar-refractivity contribution < 1.29 is 9.84 Å². The Balaban J connectivity index is 1.74. The van der Waals surface area contributed by atoms with Crippen LogP contribution in [0.25, 0.3) is 20.8 Å². The minimum atomic E-state index is -0.680. The van der Waals surface area contributed by atoms with Gasteiger partial charge in [-0.1, -0.05) is 0 Å². The first-order valence-corrected chi connectivity index (χ1v) is 12.7. The fourth-order valence-electron chi connectivity index (χ4n) is 4.67. The van der Waals surface area contributed by atoms with Crippen molar-refractivity contribution in [1.29, 1.82) is 0 Å². The zero-order valence-electron chi connectivity index (χ0n) is 21.2. The molecule has 184 valence electrons. The van der Waals surface area contributed by atoms with Gasteiger partial charge in [0.15, 0.2) is 0 Å². The predicted molar refractivity (Wildman–Crippen MR) is 139 cm³/mol. The molecule has 3 unspecified atom stereocenters. The van der Waals surface area contributed by atoms with Gasteiger partial charge in [0, 0.05) is 32.9 Å². The molecule has 3 aromatic heterocycles. The molecule has 0 amide bonds. The fourth-order valence-corrected chi connectivity index (χ4v) is 5.78. The summed E-state index contributed by atoms with van der Waals surface area (Å²) in [4.78, 5) is 21.2. The van der Waals surface area contributed by atoms with Gasteiger partial charge in [0.05, 0.1) is 33.4 Å². The average molecular weight is 485 g/mol. The Labute approximate surface area is 205 Å². The van der Waals surface area contributed by atoms with Gasteiger partial charge in [0.1, 0.15) is 16.3 Å². The van der Waals surface area contributed by atoms with Gasteiger partial charge in [-0.3, -0.25) is 4.98 Å². The van der Waals surface area contributed by atoms with E-state index in [1.54, 1.807) is 18.4 Å². The summed E-state index contributed by atoms with van der Waals surface area (Å²) >= 11 is 1.64. The van der Waals surface area contributed by atoms with Crippen LogP contribution in [0.4, 0.5) is 11.8 Å². The highest BCUT2D eigenvalue weighted by Crippen LogP contribution is 2.40. The summed E-state index contributed by atoms with van der Waals surface area (Å²) in [5.74, 6) is 1.71. The van der Waals surface area contributed by atoms with E-state index in [4.69, 9.17) is 19.7 Å². The maximum atomic E-state index is 10.5. The largest absolute Gasteiger partial charge is 0.390 e. The van der Waals surface area contributed by atoms with Crippen molar-refractivity contribution in [2.24, 2.45) is 5.92 Å². The lowest BCUT2D eigenvalue weighted by molar-refractivity contribution is 0.0197. The number of methoxy groups -OCH3 is 1. The molecule has 3 atom stereocenters. The Morgan fingerprint density at radius 2 is 2.00 bits per heavy atom. The number of thiazole rings is 1. The Bertz CT molecular complexity index is 1160. The van der Waals surface area contributed by atoms with Crippen LogP contribution >= 0.6 is 11.3 Å². The third-order valence-electron chi connectivity index (χ3n) is 6.83. The maximum absolute atomic E-state index is 10.5. The average Bonchev–Trinajstić information content (AvgIpc) is 3.41. The lowest BCUT2D eigenvalue weighted by Gasteiger charge is -2.26. The molecule has 0 bridgehead atoms. The van der Waals surface area contributed by atoms with E-state index in [0.717, 1.165) is 57.3 Å². The van der Waals surface area contributed by atoms with Gasteiger partial charge >= 0.3 is 0 Å². The van der Waals surface area contributed by atoms with E-state index in [1.165, 1.54) is 0 Å². The van der Waals surface area contributed by atoms with E-state index in [1.807, 2.05) is 58.8 Å². The lowest BCUT2D eigenvalue weighted by Crippen LogP contribution is -2.31. The number of hydrogen-bond donors (Lipinski definition) is 2. The van der Waals surface area contributed by atoms with Crippen molar-refractivity contribution in [3.05, 3.63) is 23.7 Å². The molecule has 2 N–H and O–H groups in total. The van der Waals surface area contributed by atoms with Gasteiger partial charge in [-0.25, -0.2) is 9.97 Å². The summed E-state index contributed by atoms with van der Waals surface area (Å²) in [6, 6.07) is 2.24. The number of aryl methyl sites for hydroxylation is 2. The first kappa shape index (κ1) is 24.8. The number of likely N-dealkylation sites (N-methyl/N-ethyl adjacent to an activating group) is 1. The van der Waals surface area contributed by atoms with Crippen LogP contribution in [-0.4, -0.2) is 63.5 Å². The first-order valence-electron chi connectivity index (χ1n) is 11.9. The molecule has 9 heteroatoms. The van der Waals surface area contributed by atoms with Crippen LogP contribution in [0.2, 0.25) is 0 Å². The maximum Gasteiger partial charge on any atom is 0.227 e. The van der Waals surface area contributed by atoms with Crippen molar-refractivity contribution in [2.75, 3.05) is 30.9 Å². The Morgan fingerprint density at radius 3 is 2.65 bits per heavy atom. The topological polar surface area (TPSA) is 96.3 Å². The Kier molecular flexibility index (Phi) is 7.07. The summed E-state index contributed by atoms with van der Waals surface area (Å²) in [7, 11) is 3.70. The third kappa shape index (κ3) is 5.16. The van der Waals surface area contributed by atoms with E-state index in [9.17, 15) is 5.11 Å². The zero-order valence-corrected chi connectivity index (χ0v) is 22.0. The standard InChI is InChI=1S/C25H36N6O2S/c1-14(33-7)13-31(6)24-27-15(2)20(23-29-21-16(3)26-11-10-19(21)34-23)22(30-24)28-18-9-8-17(12-18)25(4,5)32/h10-11,14,17-18,32H,8-9,12-13H2,1-7H3,(H,27,28,30). The van der Waals surface area contributed by atoms with Gasteiger partial charge in [-0.05, 0) is 65.9 Å². The molecule has 0 aromatic carbocycles. The molecule has 1 aliphatic carbocycles. The highest BCUT2D eigenvalue weighted by atomic mass is 32.1. The summed E-state index contributed by atoms with van der Waals surface area (Å²) in [5.41, 5.74) is 2.98. The molecule has 0 spiro atoms. The highest BCUT2D eigenvalue weighted by molar-refractivity contribution is 7.21. The molecule has 8 nitrogen and oxygen atoms in total. The van der Waals surface area contributed by atoms with E-state index < -0.39 is 5.60 Å². The van der Waals surface area contributed by atoms with Crippen molar-refractivity contribution in [3.63, 3.8) is 0 Å². The number of rotatable bonds is 8. The molecule has 1 fully saturated rings. The quantitative estimate of drug-likeness (QED) is 0.479. The second-order valence-electron chi connectivity index (χ2n) is 10.0. The molecular formula is C25H36N6O2S. The summed E-state index contributed by atoms with van der Waals surface area (Å²) in [6.07, 6.45) is 4.77. The van der Waals surface area contributed by atoms with Crippen LogP contribution in [-0.2, 0) is 4.74 Å². The minimum Gasteiger partial charge on any atom is -0.390 e. The van der Waals surface area contributed by atoms with E-state index >= 15 is 0 Å². The molecule has 0 saturated heterocycles. The van der Waals surface area contributed by atoms with Crippen molar-refractivity contribution in [3.8, 4) is 10.6 Å². The van der Waals surface area contributed by atoms with Crippen LogP contribution in [0.1, 0.15) is 51.4 Å². The number of pyridine rings is 1. The number of ether oxygens (including phenoxy) is 1. The second-order valence-corrected chi connectivity index (χ2v) is 11.1. The van der Waals surface area contributed by atoms with E-state index in [-0.39, 0.29) is 18.1 Å².